The molecule has 3 rings (SSSR count). The monoisotopic (exact) mass is 395 g/mol. The highest BCUT2D eigenvalue weighted by molar-refractivity contribution is 9.10. The Hall–Kier alpha value is -0.840. The number of benzene rings is 2. The number of hydrogen-bond acceptors (Lipinski definition) is 2. The molecule has 1 unspecified atom stereocenters. The van der Waals surface area contributed by atoms with E-state index in [1.54, 1.807) is 0 Å². The maximum absolute atomic E-state index is 6.29. The first kappa shape index (κ1) is 14.1. The molecule has 2 aromatic carbocycles. The third-order valence-electron chi connectivity index (χ3n) is 3.67. The van der Waals surface area contributed by atoms with Gasteiger partial charge in [-0.15, -0.1) is 0 Å². The molecule has 1 aliphatic heterocycles. The van der Waals surface area contributed by atoms with Gasteiger partial charge in [0, 0.05) is 27.0 Å². The van der Waals surface area contributed by atoms with Crippen LogP contribution < -0.4 is 10.5 Å². The highest BCUT2D eigenvalue weighted by atomic mass is 79.9. The predicted octanol–water partition coefficient (Wildman–Crippen LogP) is 5.04. The van der Waals surface area contributed by atoms with Gasteiger partial charge in [0.05, 0.1) is 0 Å². The fourth-order valence-electron chi connectivity index (χ4n) is 2.55. The molecule has 0 saturated heterocycles. The number of halogens is 2. The minimum absolute atomic E-state index is 0.0126. The van der Waals surface area contributed by atoms with Gasteiger partial charge >= 0.3 is 0 Å². The molecule has 0 radical (unpaired) electrons. The van der Waals surface area contributed by atoms with E-state index in [-0.39, 0.29) is 12.1 Å². The van der Waals surface area contributed by atoms with Gasteiger partial charge in [-0.3, -0.25) is 0 Å². The lowest BCUT2D eigenvalue weighted by molar-refractivity contribution is 0.161. The first-order valence-corrected chi connectivity index (χ1v) is 8.11. The van der Waals surface area contributed by atoms with Crippen LogP contribution in [0.2, 0.25) is 0 Å². The van der Waals surface area contributed by atoms with Crippen LogP contribution in [0.15, 0.2) is 45.3 Å². The average Bonchev–Trinajstić information content (AvgIpc) is 2.41. The zero-order valence-electron chi connectivity index (χ0n) is 11.1. The summed E-state index contributed by atoms with van der Waals surface area (Å²) < 4.78 is 8.26. The third kappa shape index (κ3) is 2.65. The molecule has 0 amide bonds. The van der Waals surface area contributed by atoms with Crippen LogP contribution in [-0.4, -0.2) is 0 Å². The van der Waals surface area contributed by atoms with Crippen LogP contribution in [0.4, 0.5) is 0 Å². The van der Waals surface area contributed by atoms with Gasteiger partial charge < -0.3 is 10.5 Å². The Morgan fingerprint density at radius 2 is 1.95 bits per heavy atom. The number of fused-ring (bicyclic) bond motifs is 1. The van der Waals surface area contributed by atoms with E-state index in [9.17, 15) is 0 Å². The third-order valence-corrected chi connectivity index (χ3v) is 5.05. The lowest BCUT2D eigenvalue weighted by atomic mass is 9.93. The highest BCUT2D eigenvalue weighted by Crippen LogP contribution is 2.41. The molecule has 0 aliphatic carbocycles. The van der Waals surface area contributed by atoms with Crippen LogP contribution in [0, 0.1) is 6.92 Å². The van der Waals surface area contributed by atoms with E-state index in [2.05, 4.69) is 57.0 Å². The van der Waals surface area contributed by atoms with Gasteiger partial charge in [0.1, 0.15) is 11.9 Å². The molecule has 0 fully saturated rings. The summed E-state index contributed by atoms with van der Waals surface area (Å²) in [5, 5.41) is 0. The van der Waals surface area contributed by atoms with Crippen LogP contribution in [0.25, 0.3) is 0 Å². The van der Waals surface area contributed by atoms with Crippen molar-refractivity contribution in [2.75, 3.05) is 0 Å². The van der Waals surface area contributed by atoms with Crippen molar-refractivity contribution in [1.29, 1.82) is 0 Å². The highest BCUT2D eigenvalue weighted by Gasteiger charge is 2.27. The van der Waals surface area contributed by atoms with Crippen LogP contribution in [0.1, 0.15) is 35.3 Å². The van der Waals surface area contributed by atoms with Crippen molar-refractivity contribution in [3.05, 3.63) is 62.0 Å². The van der Waals surface area contributed by atoms with E-state index < -0.39 is 0 Å². The number of ether oxygens (including phenoxy) is 1. The SMILES string of the molecule is Cc1cc(C2C[C@H](N)c3ccc(Br)cc3O2)ccc1Br. The Morgan fingerprint density at radius 1 is 1.15 bits per heavy atom. The van der Waals surface area contributed by atoms with E-state index in [1.165, 1.54) is 11.1 Å². The Bertz CT molecular complexity index is 657. The summed E-state index contributed by atoms with van der Waals surface area (Å²) in [7, 11) is 0. The molecule has 0 bridgehead atoms. The minimum Gasteiger partial charge on any atom is -0.485 e. The van der Waals surface area contributed by atoms with Crippen molar-refractivity contribution < 1.29 is 4.74 Å². The Morgan fingerprint density at radius 3 is 2.70 bits per heavy atom. The largest absolute Gasteiger partial charge is 0.485 e. The molecule has 104 valence electrons. The van der Waals surface area contributed by atoms with Crippen molar-refractivity contribution >= 4 is 31.9 Å². The molecule has 2 atom stereocenters. The van der Waals surface area contributed by atoms with E-state index in [0.717, 1.165) is 26.7 Å². The zero-order chi connectivity index (χ0) is 14.3. The summed E-state index contributed by atoms with van der Waals surface area (Å²) in [4.78, 5) is 0. The summed E-state index contributed by atoms with van der Waals surface area (Å²) in [6, 6.07) is 12.4. The van der Waals surface area contributed by atoms with Crippen LogP contribution in [-0.2, 0) is 0 Å². The molecule has 1 heterocycles. The lowest BCUT2D eigenvalue weighted by Gasteiger charge is -2.31. The molecular weight excluding hydrogens is 382 g/mol. The van der Waals surface area contributed by atoms with E-state index in [1.807, 2.05) is 18.2 Å². The molecule has 20 heavy (non-hydrogen) atoms. The fraction of sp³-hybridized carbons (Fsp3) is 0.250. The first-order chi connectivity index (χ1) is 9.54. The van der Waals surface area contributed by atoms with Gasteiger partial charge in [0.15, 0.2) is 0 Å². The normalized spacial score (nSPS) is 21.2. The summed E-state index contributed by atoms with van der Waals surface area (Å²) in [6.07, 6.45) is 0.814. The second-order valence-electron chi connectivity index (χ2n) is 5.14. The van der Waals surface area contributed by atoms with Crippen molar-refractivity contribution in [2.24, 2.45) is 5.73 Å². The molecule has 2 nitrogen and oxygen atoms in total. The summed E-state index contributed by atoms with van der Waals surface area (Å²) >= 11 is 7.01. The Labute approximate surface area is 135 Å². The molecule has 0 spiro atoms. The lowest BCUT2D eigenvalue weighted by Crippen LogP contribution is -2.24. The predicted molar refractivity (Wildman–Crippen MR) is 87.9 cm³/mol. The van der Waals surface area contributed by atoms with Crippen molar-refractivity contribution in [1.82, 2.24) is 0 Å². The smallest absolute Gasteiger partial charge is 0.126 e. The second kappa shape index (κ2) is 5.51. The minimum atomic E-state index is 0.0126. The van der Waals surface area contributed by atoms with Crippen molar-refractivity contribution in [3.63, 3.8) is 0 Å². The fourth-order valence-corrected chi connectivity index (χ4v) is 3.13. The van der Waals surface area contributed by atoms with Gasteiger partial charge in [-0.05, 0) is 36.2 Å². The van der Waals surface area contributed by atoms with Crippen molar-refractivity contribution in [2.45, 2.75) is 25.5 Å². The van der Waals surface area contributed by atoms with Gasteiger partial charge in [-0.1, -0.05) is 50.1 Å². The van der Waals surface area contributed by atoms with E-state index in [4.69, 9.17) is 10.5 Å². The molecule has 4 heteroatoms. The zero-order valence-corrected chi connectivity index (χ0v) is 14.2. The molecule has 2 N–H and O–H groups in total. The second-order valence-corrected chi connectivity index (χ2v) is 6.91. The summed E-state index contributed by atoms with van der Waals surface area (Å²) in [5.74, 6) is 0.878. The van der Waals surface area contributed by atoms with Crippen LogP contribution >= 0.6 is 31.9 Å². The van der Waals surface area contributed by atoms with Gasteiger partial charge in [0.2, 0.25) is 0 Å². The molecular formula is C16H15Br2NO. The number of hydrogen-bond donors (Lipinski definition) is 1. The molecule has 0 saturated carbocycles. The quantitative estimate of drug-likeness (QED) is 0.732. The van der Waals surface area contributed by atoms with Crippen LogP contribution in [0.3, 0.4) is 0 Å². The van der Waals surface area contributed by atoms with Crippen LogP contribution in [0.5, 0.6) is 5.75 Å². The first-order valence-electron chi connectivity index (χ1n) is 6.52. The summed E-state index contributed by atoms with van der Waals surface area (Å²) in [6.45, 7) is 2.08. The maximum Gasteiger partial charge on any atom is 0.126 e. The van der Waals surface area contributed by atoms with Gasteiger partial charge in [0.25, 0.3) is 0 Å². The van der Waals surface area contributed by atoms with Crippen molar-refractivity contribution in [3.8, 4) is 5.75 Å². The van der Waals surface area contributed by atoms with Gasteiger partial charge in [-0.25, -0.2) is 0 Å². The number of rotatable bonds is 1. The average molecular weight is 397 g/mol. The van der Waals surface area contributed by atoms with E-state index >= 15 is 0 Å². The Balaban J connectivity index is 1.96. The maximum atomic E-state index is 6.29. The number of aryl methyl sites for hydroxylation is 1. The molecule has 0 aromatic heterocycles. The molecule has 1 aliphatic rings. The topological polar surface area (TPSA) is 35.2 Å². The van der Waals surface area contributed by atoms with E-state index in [0.29, 0.717) is 0 Å². The number of nitrogens with two attached hydrogens (primary N) is 1. The standard InChI is InChI=1S/C16H15Br2NO/c1-9-6-10(2-5-13(9)18)15-8-14(19)12-4-3-11(17)7-16(12)20-15/h2-7,14-15H,8,19H2,1H3/t14-,15?/m0/s1. The summed E-state index contributed by atoms with van der Waals surface area (Å²) in [5.41, 5.74) is 9.75. The van der Waals surface area contributed by atoms with Gasteiger partial charge in [-0.2, -0.15) is 0 Å². The molecule has 2 aromatic rings. The Kier molecular flexibility index (Phi) is 3.89.